The first-order chi connectivity index (χ1) is 21.7. The Balaban J connectivity index is 0.00000417. The van der Waals surface area contributed by atoms with E-state index < -0.39 is 32.3 Å². The van der Waals surface area contributed by atoms with Crippen molar-refractivity contribution in [1.82, 2.24) is 0 Å². The van der Waals surface area contributed by atoms with Gasteiger partial charge in [-0.25, -0.2) is 0 Å². The number of carbonyl (C=O) groups excluding carboxylic acids is 2. The van der Waals surface area contributed by atoms with Gasteiger partial charge in [-0.05, 0) is 35.4 Å². The molecule has 8 nitrogen and oxygen atoms in total. The molecule has 0 aliphatic heterocycles. The van der Waals surface area contributed by atoms with Crippen LogP contribution in [-0.4, -0.2) is 25.3 Å². The van der Waals surface area contributed by atoms with Crippen molar-refractivity contribution in [3.05, 3.63) is 138 Å². The van der Waals surface area contributed by atoms with Crippen LogP contribution in [0.1, 0.15) is 39.0 Å². The number of hydrogen-bond acceptors (Lipinski definition) is 8. The molecule has 1 N–H and O–H groups in total. The molecule has 0 amide bonds. The molecule has 6 rings (SSSR count). The monoisotopic (exact) mass is 640 g/mol. The van der Waals surface area contributed by atoms with Crippen molar-refractivity contribution in [2.24, 2.45) is 0 Å². The minimum absolute atomic E-state index is 0. The van der Waals surface area contributed by atoms with E-state index in [4.69, 9.17) is 8.60 Å². The molecule has 1 aromatic heterocycles. The van der Waals surface area contributed by atoms with E-state index in [1.165, 1.54) is 0 Å². The summed E-state index contributed by atoms with van der Waals surface area (Å²) >= 11 is 0. The first kappa shape index (κ1) is 32.7. The van der Waals surface area contributed by atoms with Crippen molar-refractivity contribution < 1.29 is 66.4 Å². The molecule has 0 unspecified atom stereocenters. The third-order valence-electron chi connectivity index (χ3n) is 7.42. The van der Waals surface area contributed by atoms with E-state index in [1.54, 1.807) is 66.7 Å². The standard InChI is InChI=1S/C36H26O8S.Na/c1-2-31-33(29-14-6-7-17-32(29)43-31)34(38)24-13-8-12-23(20-24)27-16-9-15-26(22-10-4-3-5-11-22)35(27)44-45(41,42)25-18-19-28(36(39)40)30(37)21-25;/h3-21,37H,2H2,1H3,(H,39,40);/q;+1/p-1. The molecule has 0 saturated heterocycles. The zero-order valence-electron chi connectivity index (χ0n) is 24.9. The van der Waals surface area contributed by atoms with Crippen LogP contribution in [0.5, 0.6) is 11.5 Å². The summed E-state index contributed by atoms with van der Waals surface area (Å²) in [5, 5.41) is 22.1. The smallest absolute Gasteiger partial charge is 0.545 e. The van der Waals surface area contributed by atoms with Crippen molar-refractivity contribution in [1.29, 1.82) is 0 Å². The Bertz CT molecular complexity index is 2210. The summed E-state index contributed by atoms with van der Waals surface area (Å²) in [6, 6.07) is 31.1. The van der Waals surface area contributed by atoms with Gasteiger partial charge in [-0.2, -0.15) is 8.42 Å². The zero-order chi connectivity index (χ0) is 31.7. The molecule has 0 radical (unpaired) electrons. The fourth-order valence-electron chi connectivity index (χ4n) is 5.26. The fourth-order valence-corrected chi connectivity index (χ4v) is 6.25. The van der Waals surface area contributed by atoms with E-state index in [-0.39, 0.29) is 41.1 Å². The van der Waals surface area contributed by atoms with Crippen LogP contribution in [0.25, 0.3) is 33.2 Å². The minimum atomic E-state index is -4.59. The Hall–Kier alpha value is -4.67. The first-order valence-electron chi connectivity index (χ1n) is 14.0. The van der Waals surface area contributed by atoms with Gasteiger partial charge in [0.1, 0.15) is 22.0 Å². The molecule has 6 aromatic rings. The average molecular weight is 641 g/mol. The number of aromatic hydroxyl groups is 1. The minimum Gasteiger partial charge on any atom is -0.545 e. The topological polar surface area (TPSA) is 134 Å². The Labute approximate surface area is 287 Å². The molecule has 46 heavy (non-hydrogen) atoms. The van der Waals surface area contributed by atoms with Crippen LogP contribution < -0.4 is 38.8 Å². The number of para-hydroxylation sites is 2. The van der Waals surface area contributed by atoms with E-state index in [2.05, 4.69) is 0 Å². The van der Waals surface area contributed by atoms with Crippen molar-refractivity contribution in [3.63, 3.8) is 0 Å². The number of fused-ring (bicyclic) bond motifs is 1. The molecule has 0 fully saturated rings. The zero-order valence-corrected chi connectivity index (χ0v) is 27.7. The molecule has 0 atom stereocenters. The summed E-state index contributed by atoms with van der Waals surface area (Å²) in [7, 11) is -4.59. The molecule has 1 heterocycles. The maximum absolute atomic E-state index is 13.9. The van der Waals surface area contributed by atoms with Gasteiger partial charge in [0, 0.05) is 40.1 Å². The van der Waals surface area contributed by atoms with Crippen LogP contribution in [0.4, 0.5) is 0 Å². The van der Waals surface area contributed by atoms with Gasteiger partial charge in [0.25, 0.3) is 0 Å². The van der Waals surface area contributed by atoms with Crippen molar-refractivity contribution in [2.75, 3.05) is 0 Å². The van der Waals surface area contributed by atoms with Gasteiger partial charge in [0.15, 0.2) is 11.5 Å². The summed E-state index contributed by atoms with van der Waals surface area (Å²) in [5.41, 5.74) is 2.93. The van der Waals surface area contributed by atoms with Gasteiger partial charge in [-0.1, -0.05) is 91.9 Å². The maximum atomic E-state index is 13.9. The van der Waals surface area contributed by atoms with Crippen LogP contribution in [0.3, 0.4) is 0 Å². The van der Waals surface area contributed by atoms with Crippen LogP contribution in [-0.2, 0) is 16.5 Å². The molecule has 0 spiro atoms. The largest absolute Gasteiger partial charge is 1.00 e. The summed E-state index contributed by atoms with van der Waals surface area (Å²) in [6.45, 7) is 1.91. The van der Waals surface area contributed by atoms with E-state index in [9.17, 15) is 28.2 Å². The molecule has 5 aromatic carbocycles. The molecule has 0 saturated carbocycles. The predicted octanol–water partition coefficient (Wildman–Crippen LogP) is 3.40. The Morgan fingerprint density at radius 3 is 2.15 bits per heavy atom. The van der Waals surface area contributed by atoms with Gasteiger partial charge < -0.3 is 23.6 Å². The van der Waals surface area contributed by atoms with Crippen LogP contribution in [0.2, 0.25) is 0 Å². The number of aromatic carboxylic acids is 1. The second kappa shape index (κ2) is 13.4. The predicted molar refractivity (Wildman–Crippen MR) is 167 cm³/mol. The Morgan fingerprint density at radius 1 is 0.804 bits per heavy atom. The Kier molecular flexibility index (Phi) is 9.50. The summed E-state index contributed by atoms with van der Waals surface area (Å²) in [5.74, 6) is -2.12. The van der Waals surface area contributed by atoms with Gasteiger partial charge in [0.2, 0.25) is 0 Å². The van der Waals surface area contributed by atoms with Crippen LogP contribution >= 0.6 is 0 Å². The van der Waals surface area contributed by atoms with Gasteiger partial charge >= 0.3 is 39.7 Å². The summed E-state index contributed by atoms with van der Waals surface area (Å²) < 4.78 is 38.9. The Morgan fingerprint density at radius 2 is 1.46 bits per heavy atom. The molecule has 0 aliphatic carbocycles. The second-order valence-corrected chi connectivity index (χ2v) is 11.8. The maximum Gasteiger partial charge on any atom is 1.00 e. The second-order valence-electron chi connectivity index (χ2n) is 10.2. The molecule has 10 heteroatoms. The number of aryl methyl sites for hydroxylation is 1. The third kappa shape index (κ3) is 6.23. The van der Waals surface area contributed by atoms with E-state index in [1.807, 2.05) is 37.3 Å². The average Bonchev–Trinajstić information content (AvgIpc) is 3.43. The number of benzene rings is 5. The van der Waals surface area contributed by atoms with Gasteiger partial charge in [0.05, 0.1) is 11.5 Å². The summed E-state index contributed by atoms with van der Waals surface area (Å²) in [6.07, 6.45) is 0.518. The molecular weight excluding hydrogens is 615 g/mol. The van der Waals surface area contributed by atoms with E-state index in [0.717, 1.165) is 18.2 Å². The van der Waals surface area contributed by atoms with Crippen molar-refractivity contribution in [2.45, 2.75) is 18.2 Å². The SMILES string of the molecule is CCc1oc2ccccc2c1C(=O)c1cccc(-c2cccc(-c3ccccc3)c2OS(=O)(=O)c2ccc(C(=O)[O-])c(O)c2)c1.[Na+]. The molecule has 224 valence electrons. The number of furan rings is 1. The molecule has 0 aliphatic rings. The number of ketones is 1. The molecular formula is C36H25NaO8S. The van der Waals surface area contributed by atoms with Crippen LogP contribution in [0.15, 0.2) is 125 Å². The number of carbonyl (C=O) groups is 2. The van der Waals surface area contributed by atoms with E-state index in [0.29, 0.717) is 56.5 Å². The van der Waals surface area contributed by atoms with Gasteiger partial charge in [-0.3, -0.25) is 4.79 Å². The van der Waals surface area contributed by atoms with E-state index >= 15 is 0 Å². The number of rotatable bonds is 9. The number of hydrogen-bond donors (Lipinski definition) is 1. The quantitative estimate of drug-likeness (QED) is 0.145. The first-order valence-corrected chi connectivity index (χ1v) is 15.4. The fraction of sp³-hybridized carbons (Fsp3) is 0.0556. The van der Waals surface area contributed by atoms with Gasteiger partial charge in [-0.15, -0.1) is 0 Å². The summed E-state index contributed by atoms with van der Waals surface area (Å²) in [4.78, 5) is 24.7. The number of carboxylic acid groups (broad SMARTS) is 1. The third-order valence-corrected chi connectivity index (χ3v) is 8.64. The molecule has 0 bridgehead atoms. The number of phenols is 1. The van der Waals surface area contributed by atoms with Crippen LogP contribution in [0, 0.1) is 0 Å². The number of carboxylic acids is 1. The van der Waals surface area contributed by atoms with Crippen molar-refractivity contribution >= 4 is 32.8 Å². The van der Waals surface area contributed by atoms with Crippen molar-refractivity contribution in [3.8, 4) is 33.8 Å². The normalized spacial score (nSPS) is 11.2.